The summed E-state index contributed by atoms with van der Waals surface area (Å²) < 4.78 is 23.2. The lowest BCUT2D eigenvalue weighted by molar-refractivity contribution is 0.210. The normalized spacial score (nSPS) is 29.6. The third-order valence-electron chi connectivity index (χ3n) is 3.35. The molecule has 96 valence electrons. The van der Waals surface area contributed by atoms with Gasteiger partial charge in [-0.2, -0.15) is 0 Å². The predicted molar refractivity (Wildman–Crippen MR) is 71.2 cm³/mol. The second-order valence-electron chi connectivity index (χ2n) is 4.68. The zero-order chi connectivity index (χ0) is 12.8. The van der Waals surface area contributed by atoms with Gasteiger partial charge in [0.15, 0.2) is 9.84 Å². The molecule has 0 aliphatic carbocycles. The first-order chi connectivity index (χ1) is 8.55. The molecular formula is C12H13NO3S2. The molecule has 0 spiro atoms. The molecule has 0 aromatic heterocycles. The monoisotopic (exact) mass is 283 g/mol. The number of rotatable bonds is 2. The molecule has 6 heteroatoms. The summed E-state index contributed by atoms with van der Waals surface area (Å²) in [6.07, 6.45) is 0. The predicted octanol–water partition coefficient (Wildman–Crippen LogP) is 1.52. The van der Waals surface area contributed by atoms with Gasteiger partial charge in [-0.05, 0) is 5.56 Å². The van der Waals surface area contributed by atoms with E-state index in [9.17, 15) is 13.2 Å². The van der Waals surface area contributed by atoms with Gasteiger partial charge < -0.3 is 4.90 Å². The van der Waals surface area contributed by atoms with Crippen LogP contribution in [0, 0.1) is 0 Å². The molecule has 4 nitrogen and oxygen atoms in total. The Kier molecular flexibility index (Phi) is 2.86. The Morgan fingerprint density at radius 1 is 1.22 bits per heavy atom. The van der Waals surface area contributed by atoms with E-state index in [-0.39, 0.29) is 28.0 Å². The van der Waals surface area contributed by atoms with Crippen molar-refractivity contribution < 1.29 is 13.2 Å². The lowest BCUT2D eigenvalue weighted by Crippen LogP contribution is -2.36. The van der Waals surface area contributed by atoms with Gasteiger partial charge in [0.1, 0.15) is 0 Å². The fourth-order valence-corrected chi connectivity index (χ4v) is 6.30. The van der Waals surface area contributed by atoms with E-state index in [1.54, 1.807) is 4.90 Å². The standard InChI is InChI=1S/C12H13NO3S2/c14-12-13(6-9-4-2-1-3-5-9)10-7-18(15,16)8-11(10)17-12/h1-5,10-11H,6-8H2/t10-,11+/m0/s1. The molecule has 0 bridgehead atoms. The highest BCUT2D eigenvalue weighted by Gasteiger charge is 2.49. The Balaban J connectivity index is 1.82. The maximum Gasteiger partial charge on any atom is 0.282 e. The van der Waals surface area contributed by atoms with Crippen molar-refractivity contribution in [2.24, 2.45) is 0 Å². The fourth-order valence-electron chi connectivity index (χ4n) is 2.49. The van der Waals surface area contributed by atoms with Crippen LogP contribution in [0.4, 0.5) is 4.79 Å². The zero-order valence-electron chi connectivity index (χ0n) is 9.65. The Morgan fingerprint density at radius 2 is 1.94 bits per heavy atom. The average Bonchev–Trinajstić information content (AvgIpc) is 2.74. The number of fused-ring (bicyclic) bond motifs is 1. The van der Waals surface area contributed by atoms with Crippen LogP contribution in [0.3, 0.4) is 0 Å². The highest BCUT2D eigenvalue weighted by atomic mass is 32.2. The van der Waals surface area contributed by atoms with Crippen LogP contribution in [0.25, 0.3) is 0 Å². The minimum absolute atomic E-state index is 0.00348. The third kappa shape index (κ3) is 2.14. The van der Waals surface area contributed by atoms with Crippen LogP contribution in [0.15, 0.2) is 30.3 Å². The van der Waals surface area contributed by atoms with E-state index in [2.05, 4.69) is 0 Å². The Morgan fingerprint density at radius 3 is 2.67 bits per heavy atom. The zero-order valence-corrected chi connectivity index (χ0v) is 11.3. The Hall–Kier alpha value is -1.01. The van der Waals surface area contributed by atoms with E-state index in [1.807, 2.05) is 30.3 Å². The van der Waals surface area contributed by atoms with E-state index in [0.29, 0.717) is 6.54 Å². The van der Waals surface area contributed by atoms with Crippen LogP contribution in [0.1, 0.15) is 5.56 Å². The van der Waals surface area contributed by atoms with Crippen molar-refractivity contribution in [2.75, 3.05) is 11.5 Å². The molecule has 2 heterocycles. The molecule has 3 rings (SSSR count). The van der Waals surface area contributed by atoms with Gasteiger partial charge in [0.05, 0.1) is 17.5 Å². The summed E-state index contributed by atoms with van der Waals surface area (Å²) >= 11 is 1.17. The van der Waals surface area contributed by atoms with E-state index >= 15 is 0 Å². The molecule has 1 aromatic carbocycles. The molecule has 2 atom stereocenters. The minimum atomic E-state index is -2.97. The van der Waals surface area contributed by atoms with Crippen molar-refractivity contribution >= 4 is 26.8 Å². The van der Waals surface area contributed by atoms with E-state index in [4.69, 9.17) is 0 Å². The van der Waals surface area contributed by atoms with Gasteiger partial charge >= 0.3 is 0 Å². The number of benzene rings is 1. The van der Waals surface area contributed by atoms with Crippen molar-refractivity contribution in [1.82, 2.24) is 4.90 Å². The highest BCUT2D eigenvalue weighted by Crippen LogP contribution is 2.38. The number of sulfone groups is 1. The van der Waals surface area contributed by atoms with Crippen molar-refractivity contribution in [1.29, 1.82) is 0 Å². The average molecular weight is 283 g/mol. The van der Waals surface area contributed by atoms with Crippen molar-refractivity contribution in [3.8, 4) is 0 Å². The van der Waals surface area contributed by atoms with Gasteiger partial charge in [-0.3, -0.25) is 4.79 Å². The van der Waals surface area contributed by atoms with Gasteiger partial charge in [-0.25, -0.2) is 8.42 Å². The Labute approximate surface area is 110 Å². The maximum absolute atomic E-state index is 11.9. The smallest absolute Gasteiger partial charge is 0.282 e. The topological polar surface area (TPSA) is 54.5 Å². The summed E-state index contributed by atoms with van der Waals surface area (Å²) in [6, 6.07) is 9.53. The molecule has 2 aliphatic heterocycles. The first-order valence-corrected chi connectivity index (χ1v) is 8.47. The molecule has 1 amide bonds. The lowest BCUT2D eigenvalue weighted by atomic mass is 10.1. The second-order valence-corrected chi connectivity index (χ2v) is 8.02. The van der Waals surface area contributed by atoms with Crippen LogP contribution < -0.4 is 0 Å². The molecular weight excluding hydrogens is 270 g/mol. The summed E-state index contributed by atoms with van der Waals surface area (Å²) in [5.41, 5.74) is 1.04. The summed E-state index contributed by atoms with van der Waals surface area (Å²) in [5.74, 6) is 0.253. The number of thioether (sulfide) groups is 1. The minimum Gasteiger partial charge on any atom is -0.324 e. The molecule has 0 unspecified atom stereocenters. The molecule has 2 saturated heterocycles. The van der Waals surface area contributed by atoms with Crippen LogP contribution >= 0.6 is 11.8 Å². The van der Waals surface area contributed by atoms with E-state index in [1.165, 1.54) is 11.8 Å². The van der Waals surface area contributed by atoms with Gasteiger partial charge in [0, 0.05) is 11.8 Å². The number of nitrogens with zero attached hydrogens (tertiary/aromatic N) is 1. The largest absolute Gasteiger partial charge is 0.324 e. The van der Waals surface area contributed by atoms with Crippen molar-refractivity contribution in [2.45, 2.75) is 17.8 Å². The number of carbonyl (C=O) groups excluding carboxylic acids is 1. The van der Waals surface area contributed by atoms with Gasteiger partial charge in [-0.15, -0.1) is 0 Å². The van der Waals surface area contributed by atoms with Gasteiger partial charge in [0.25, 0.3) is 5.24 Å². The van der Waals surface area contributed by atoms with Gasteiger partial charge in [-0.1, -0.05) is 42.1 Å². The molecule has 0 N–H and O–H groups in total. The van der Waals surface area contributed by atoms with Crippen LogP contribution in [-0.2, 0) is 16.4 Å². The van der Waals surface area contributed by atoms with Crippen LogP contribution in [0.2, 0.25) is 0 Å². The second kappa shape index (κ2) is 4.28. The summed E-state index contributed by atoms with van der Waals surface area (Å²) in [5, 5.41) is -0.0741. The van der Waals surface area contributed by atoms with E-state index in [0.717, 1.165) is 5.56 Å². The molecule has 0 radical (unpaired) electrons. The van der Waals surface area contributed by atoms with Crippen molar-refractivity contribution in [3.63, 3.8) is 0 Å². The van der Waals surface area contributed by atoms with Gasteiger partial charge in [0.2, 0.25) is 0 Å². The summed E-state index contributed by atoms with van der Waals surface area (Å²) in [7, 11) is -2.97. The number of hydrogen-bond donors (Lipinski definition) is 0. The molecule has 2 aliphatic rings. The highest BCUT2D eigenvalue weighted by molar-refractivity contribution is 8.15. The lowest BCUT2D eigenvalue weighted by Gasteiger charge is -2.22. The van der Waals surface area contributed by atoms with Crippen LogP contribution in [0.5, 0.6) is 0 Å². The number of carbonyl (C=O) groups is 1. The molecule has 0 saturated carbocycles. The first kappa shape index (κ1) is 12.0. The quantitative estimate of drug-likeness (QED) is 0.826. The van der Waals surface area contributed by atoms with Crippen LogP contribution in [-0.4, -0.2) is 41.4 Å². The molecule has 18 heavy (non-hydrogen) atoms. The fraction of sp³-hybridized carbons (Fsp3) is 0.417. The number of hydrogen-bond acceptors (Lipinski definition) is 4. The van der Waals surface area contributed by atoms with E-state index < -0.39 is 9.84 Å². The first-order valence-electron chi connectivity index (χ1n) is 5.77. The summed E-state index contributed by atoms with van der Waals surface area (Å²) in [6.45, 7) is 0.503. The summed E-state index contributed by atoms with van der Waals surface area (Å²) in [4.78, 5) is 13.6. The molecule has 2 fully saturated rings. The number of amides is 1. The Bertz CT molecular complexity index is 570. The molecule has 1 aromatic rings. The third-order valence-corrected chi connectivity index (χ3v) is 6.50. The maximum atomic E-state index is 11.9. The SMILES string of the molecule is O=C1S[C@@H]2CS(=O)(=O)C[C@@H]2N1Cc1ccccc1. The van der Waals surface area contributed by atoms with Crippen molar-refractivity contribution in [3.05, 3.63) is 35.9 Å².